The van der Waals surface area contributed by atoms with E-state index in [0.717, 1.165) is 28.1 Å². The highest BCUT2D eigenvalue weighted by molar-refractivity contribution is 9.10. The molecule has 84 valence electrons. The van der Waals surface area contributed by atoms with Crippen LogP contribution in [0.4, 0.5) is 5.69 Å². The van der Waals surface area contributed by atoms with Gasteiger partial charge in [0.1, 0.15) is 5.75 Å². The molecule has 0 unspecified atom stereocenters. The lowest BCUT2D eigenvalue weighted by Crippen LogP contribution is -1.99. The van der Waals surface area contributed by atoms with E-state index >= 15 is 0 Å². The van der Waals surface area contributed by atoms with Crippen LogP contribution in [0.3, 0.4) is 0 Å². The highest BCUT2D eigenvalue weighted by Gasteiger charge is 2.01. The first-order valence-electron chi connectivity index (χ1n) is 4.74. The van der Waals surface area contributed by atoms with Crippen LogP contribution in [-0.4, -0.2) is 12.1 Å². The Balaban J connectivity index is 2.02. The highest BCUT2D eigenvalue weighted by atomic mass is 79.9. The summed E-state index contributed by atoms with van der Waals surface area (Å²) < 4.78 is 6.11. The molecule has 0 atom stereocenters. The molecule has 2 rings (SSSR count). The van der Waals surface area contributed by atoms with Crippen LogP contribution in [0.5, 0.6) is 5.75 Å². The molecule has 0 radical (unpaired) electrons. The number of nitrogens with one attached hydrogen (secondary N) is 1. The fourth-order valence-electron chi connectivity index (χ4n) is 1.29. The van der Waals surface area contributed by atoms with E-state index in [1.54, 1.807) is 18.4 Å². The third kappa shape index (κ3) is 2.74. The molecule has 0 aliphatic rings. The van der Waals surface area contributed by atoms with Crippen molar-refractivity contribution in [2.45, 2.75) is 6.54 Å². The zero-order valence-corrected chi connectivity index (χ0v) is 11.1. The van der Waals surface area contributed by atoms with Gasteiger partial charge in [-0.05, 0) is 34.1 Å². The number of rotatable bonds is 4. The maximum Gasteiger partial charge on any atom is 0.133 e. The van der Waals surface area contributed by atoms with E-state index in [2.05, 4.69) is 26.2 Å². The van der Waals surface area contributed by atoms with Crippen molar-refractivity contribution in [1.82, 2.24) is 4.98 Å². The maximum absolute atomic E-state index is 5.17. The van der Waals surface area contributed by atoms with Crippen LogP contribution in [0.1, 0.15) is 5.69 Å². The van der Waals surface area contributed by atoms with Gasteiger partial charge < -0.3 is 10.1 Å². The second-order valence-electron chi connectivity index (χ2n) is 3.18. The first kappa shape index (κ1) is 11.4. The smallest absolute Gasteiger partial charge is 0.133 e. The quantitative estimate of drug-likeness (QED) is 0.938. The Labute approximate surface area is 107 Å². The summed E-state index contributed by atoms with van der Waals surface area (Å²) in [6.45, 7) is 0.738. The van der Waals surface area contributed by atoms with Crippen LogP contribution in [0.25, 0.3) is 0 Å². The fraction of sp³-hybridized carbons (Fsp3) is 0.182. The van der Waals surface area contributed by atoms with Crippen LogP contribution in [0, 0.1) is 0 Å². The topological polar surface area (TPSA) is 34.1 Å². The van der Waals surface area contributed by atoms with Crippen LogP contribution in [0.2, 0.25) is 0 Å². The third-order valence-electron chi connectivity index (χ3n) is 2.11. The molecular weight excluding hydrogens is 288 g/mol. The normalized spacial score (nSPS) is 10.1. The minimum atomic E-state index is 0.738. The third-order valence-corrected chi connectivity index (χ3v) is 3.36. The lowest BCUT2D eigenvalue weighted by Gasteiger charge is -2.07. The molecule has 16 heavy (non-hydrogen) atoms. The molecule has 1 heterocycles. The number of anilines is 1. The predicted molar refractivity (Wildman–Crippen MR) is 70.1 cm³/mol. The lowest BCUT2D eigenvalue weighted by molar-refractivity contribution is 0.412. The lowest BCUT2D eigenvalue weighted by atomic mass is 10.3. The molecule has 1 aromatic heterocycles. The molecule has 5 heteroatoms. The summed E-state index contributed by atoms with van der Waals surface area (Å²) in [5.41, 5.74) is 3.93. The van der Waals surface area contributed by atoms with Gasteiger partial charge in [0, 0.05) is 11.1 Å². The SMILES string of the molecule is COc1ccc(NCc2cscn2)cc1Br. The van der Waals surface area contributed by atoms with Crippen molar-refractivity contribution in [2.75, 3.05) is 12.4 Å². The molecule has 1 N–H and O–H groups in total. The highest BCUT2D eigenvalue weighted by Crippen LogP contribution is 2.27. The second kappa shape index (κ2) is 5.32. The van der Waals surface area contributed by atoms with Crippen LogP contribution in [0.15, 0.2) is 33.6 Å². The molecule has 0 spiro atoms. The van der Waals surface area contributed by atoms with Crippen LogP contribution < -0.4 is 10.1 Å². The number of ether oxygens (including phenoxy) is 1. The van der Waals surface area contributed by atoms with Gasteiger partial charge in [-0.15, -0.1) is 11.3 Å². The van der Waals surface area contributed by atoms with E-state index in [1.807, 2.05) is 29.1 Å². The monoisotopic (exact) mass is 298 g/mol. The average molecular weight is 299 g/mol. The first-order valence-corrected chi connectivity index (χ1v) is 6.47. The van der Waals surface area contributed by atoms with E-state index in [9.17, 15) is 0 Å². The summed E-state index contributed by atoms with van der Waals surface area (Å²) in [7, 11) is 1.66. The molecule has 0 saturated heterocycles. The van der Waals surface area contributed by atoms with Gasteiger partial charge in [0.15, 0.2) is 0 Å². The van der Waals surface area contributed by atoms with Gasteiger partial charge in [-0.3, -0.25) is 0 Å². The van der Waals surface area contributed by atoms with Crippen molar-refractivity contribution in [1.29, 1.82) is 0 Å². The van der Waals surface area contributed by atoms with Gasteiger partial charge in [0.2, 0.25) is 0 Å². The van der Waals surface area contributed by atoms with Gasteiger partial charge in [-0.1, -0.05) is 0 Å². The molecule has 0 fully saturated rings. The molecule has 0 bridgehead atoms. The van der Waals surface area contributed by atoms with Crippen molar-refractivity contribution >= 4 is 33.0 Å². The molecule has 3 nitrogen and oxygen atoms in total. The Morgan fingerprint density at radius 3 is 3.00 bits per heavy atom. The Hall–Kier alpha value is -1.07. The Bertz CT molecular complexity index is 459. The molecule has 0 saturated carbocycles. The van der Waals surface area contributed by atoms with Crippen molar-refractivity contribution in [2.24, 2.45) is 0 Å². The summed E-state index contributed by atoms with van der Waals surface area (Å²) in [6, 6.07) is 5.90. The number of methoxy groups -OCH3 is 1. The molecular formula is C11H11BrN2OS. The number of hydrogen-bond donors (Lipinski definition) is 1. The first-order chi connectivity index (χ1) is 7.79. The summed E-state index contributed by atoms with van der Waals surface area (Å²) in [5, 5.41) is 5.33. The Kier molecular flexibility index (Phi) is 3.79. The van der Waals surface area contributed by atoms with Crippen molar-refractivity contribution in [3.05, 3.63) is 39.3 Å². The number of thiazole rings is 1. The molecule has 0 amide bonds. The summed E-state index contributed by atoms with van der Waals surface area (Å²) in [6.07, 6.45) is 0. The van der Waals surface area contributed by atoms with E-state index in [1.165, 1.54) is 0 Å². The van der Waals surface area contributed by atoms with E-state index in [0.29, 0.717) is 0 Å². The maximum atomic E-state index is 5.17. The minimum Gasteiger partial charge on any atom is -0.496 e. The number of benzene rings is 1. The van der Waals surface area contributed by atoms with Gasteiger partial charge in [0.05, 0.1) is 29.3 Å². The van der Waals surface area contributed by atoms with Crippen molar-refractivity contribution in [3.8, 4) is 5.75 Å². The second-order valence-corrected chi connectivity index (χ2v) is 4.76. The van der Waals surface area contributed by atoms with E-state index in [-0.39, 0.29) is 0 Å². The molecule has 1 aromatic carbocycles. The Morgan fingerprint density at radius 1 is 1.50 bits per heavy atom. The largest absolute Gasteiger partial charge is 0.496 e. The molecule has 2 aromatic rings. The van der Waals surface area contributed by atoms with Crippen molar-refractivity contribution in [3.63, 3.8) is 0 Å². The zero-order valence-electron chi connectivity index (χ0n) is 8.74. The number of hydrogen-bond acceptors (Lipinski definition) is 4. The standard InChI is InChI=1S/C11H11BrN2OS/c1-15-11-3-2-8(4-10(11)12)13-5-9-6-16-7-14-9/h2-4,6-7,13H,5H2,1H3. The number of aromatic nitrogens is 1. The van der Waals surface area contributed by atoms with Gasteiger partial charge in [-0.25, -0.2) is 4.98 Å². The van der Waals surface area contributed by atoms with E-state index < -0.39 is 0 Å². The fourth-order valence-corrected chi connectivity index (χ4v) is 2.39. The van der Waals surface area contributed by atoms with Gasteiger partial charge >= 0.3 is 0 Å². The van der Waals surface area contributed by atoms with Gasteiger partial charge in [-0.2, -0.15) is 0 Å². The minimum absolute atomic E-state index is 0.738. The van der Waals surface area contributed by atoms with E-state index in [4.69, 9.17) is 4.74 Å². The summed E-state index contributed by atoms with van der Waals surface area (Å²) >= 11 is 5.05. The van der Waals surface area contributed by atoms with Gasteiger partial charge in [0.25, 0.3) is 0 Å². The number of nitrogens with zero attached hydrogens (tertiary/aromatic N) is 1. The van der Waals surface area contributed by atoms with Crippen LogP contribution in [-0.2, 0) is 6.54 Å². The van der Waals surface area contributed by atoms with Crippen LogP contribution >= 0.6 is 27.3 Å². The zero-order chi connectivity index (χ0) is 11.4. The number of halogens is 1. The molecule has 0 aliphatic heterocycles. The molecule has 0 aliphatic carbocycles. The predicted octanol–water partition coefficient (Wildman–Crippen LogP) is 3.53. The average Bonchev–Trinajstić information content (AvgIpc) is 2.79. The summed E-state index contributed by atoms with van der Waals surface area (Å²) in [5.74, 6) is 0.833. The summed E-state index contributed by atoms with van der Waals surface area (Å²) in [4.78, 5) is 4.21. The Morgan fingerprint density at radius 2 is 2.38 bits per heavy atom. The van der Waals surface area contributed by atoms with Crippen molar-refractivity contribution < 1.29 is 4.74 Å².